The second-order valence-electron chi connectivity index (χ2n) is 4.03. The van der Waals surface area contributed by atoms with E-state index in [0.717, 1.165) is 0 Å². The SMILES string of the molecule is C=CCCCC(F)(F)CCCCCC(F)F. The number of hydrogen-bond acceptors (Lipinski definition) is 0. The Balaban J connectivity index is 3.45. The molecule has 0 aliphatic carbocycles. The van der Waals surface area contributed by atoms with Crippen LogP contribution in [0.3, 0.4) is 0 Å². The molecular weight excluding hydrogens is 220 g/mol. The zero-order valence-corrected chi connectivity index (χ0v) is 9.53. The molecule has 0 aromatic rings. The van der Waals surface area contributed by atoms with E-state index in [1.807, 2.05) is 0 Å². The molecule has 0 amide bonds. The molecule has 0 aromatic carbocycles. The van der Waals surface area contributed by atoms with Crippen LogP contribution in [-0.2, 0) is 0 Å². The van der Waals surface area contributed by atoms with Crippen LogP contribution in [0.2, 0.25) is 0 Å². The summed E-state index contributed by atoms with van der Waals surface area (Å²) in [6.07, 6.45) is 0.972. The second kappa shape index (κ2) is 8.59. The maximum Gasteiger partial charge on any atom is 0.248 e. The summed E-state index contributed by atoms with van der Waals surface area (Å²) in [5.74, 6) is -2.64. The summed E-state index contributed by atoms with van der Waals surface area (Å²) < 4.78 is 49.8. The predicted molar refractivity (Wildman–Crippen MR) is 58.1 cm³/mol. The van der Waals surface area contributed by atoms with E-state index in [1.54, 1.807) is 6.08 Å². The van der Waals surface area contributed by atoms with Crippen molar-refractivity contribution >= 4 is 0 Å². The van der Waals surface area contributed by atoms with Gasteiger partial charge < -0.3 is 0 Å². The molecule has 0 radical (unpaired) electrons. The molecule has 0 saturated carbocycles. The van der Waals surface area contributed by atoms with Crippen molar-refractivity contribution in [2.24, 2.45) is 0 Å². The Morgan fingerprint density at radius 2 is 1.62 bits per heavy atom. The van der Waals surface area contributed by atoms with Gasteiger partial charge in [0.15, 0.2) is 0 Å². The average Bonchev–Trinajstić information content (AvgIpc) is 2.16. The molecule has 0 atom stereocenters. The maximum absolute atomic E-state index is 13.2. The lowest BCUT2D eigenvalue weighted by molar-refractivity contribution is -0.0200. The Kier molecular flexibility index (Phi) is 8.30. The van der Waals surface area contributed by atoms with Gasteiger partial charge in [0.1, 0.15) is 0 Å². The van der Waals surface area contributed by atoms with Gasteiger partial charge in [-0.15, -0.1) is 6.58 Å². The van der Waals surface area contributed by atoms with E-state index in [1.165, 1.54) is 0 Å². The smallest absolute Gasteiger partial charge is 0.211 e. The van der Waals surface area contributed by atoms with Crippen molar-refractivity contribution in [3.8, 4) is 0 Å². The van der Waals surface area contributed by atoms with Gasteiger partial charge in [-0.05, 0) is 25.7 Å². The summed E-state index contributed by atoms with van der Waals surface area (Å²) in [7, 11) is 0. The van der Waals surface area contributed by atoms with Crippen LogP contribution in [0.1, 0.15) is 51.4 Å². The quantitative estimate of drug-likeness (QED) is 0.280. The normalized spacial score (nSPS) is 12.1. The fourth-order valence-electron chi connectivity index (χ4n) is 1.49. The minimum atomic E-state index is -2.64. The van der Waals surface area contributed by atoms with Crippen molar-refractivity contribution in [1.29, 1.82) is 0 Å². The van der Waals surface area contributed by atoms with Crippen molar-refractivity contribution in [1.82, 2.24) is 0 Å². The van der Waals surface area contributed by atoms with Crippen molar-refractivity contribution < 1.29 is 17.6 Å². The Morgan fingerprint density at radius 3 is 2.19 bits per heavy atom. The Hall–Kier alpha value is -0.540. The highest BCUT2D eigenvalue weighted by Gasteiger charge is 2.26. The van der Waals surface area contributed by atoms with Gasteiger partial charge in [0.2, 0.25) is 12.3 Å². The first-order chi connectivity index (χ1) is 7.48. The van der Waals surface area contributed by atoms with Crippen molar-refractivity contribution in [2.45, 2.75) is 63.7 Å². The third kappa shape index (κ3) is 9.99. The van der Waals surface area contributed by atoms with E-state index < -0.39 is 12.3 Å². The molecule has 0 saturated heterocycles. The molecule has 0 rings (SSSR count). The lowest BCUT2D eigenvalue weighted by Gasteiger charge is -2.15. The molecule has 0 N–H and O–H groups in total. The lowest BCUT2D eigenvalue weighted by Crippen LogP contribution is -2.15. The fourth-order valence-corrected chi connectivity index (χ4v) is 1.49. The number of unbranched alkanes of at least 4 members (excludes halogenated alkanes) is 3. The van der Waals surface area contributed by atoms with E-state index in [9.17, 15) is 17.6 Å². The third-order valence-corrected chi connectivity index (χ3v) is 2.42. The summed E-state index contributed by atoms with van der Waals surface area (Å²) in [5, 5.41) is 0. The Labute approximate surface area is 94.7 Å². The molecular formula is C12H20F4. The second-order valence-corrected chi connectivity index (χ2v) is 4.03. The van der Waals surface area contributed by atoms with Crippen LogP contribution >= 0.6 is 0 Å². The van der Waals surface area contributed by atoms with Gasteiger partial charge in [-0.2, -0.15) is 0 Å². The summed E-state index contributed by atoms with van der Waals surface area (Å²) >= 11 is 0. The number of alkyl halides is 4. The summed E-state index contributed by atoms with van der Waals surface area (Å²) in [6, 6.07) is 0. The fraction of sp³-hybridized carbons (Fsp3) is 0.833. The minimum Gasteiger partial charge on any atom is -0.211 e. The highest BCUT2D eigenvalue weighted by atomic mass is 19.3. The van der Waals surface area contributed by atoms with Crippen LogP contribution in [0.25, 0.3) is 0 Å². The highest BCUT2D eigenvalue weighted by molar-refractivity contribution is 4.71. The Bertz CT molecular complexity index is 178. The molecule has 4 heteroatoms. The molecule has 0 nitrogen and oxygen atoms in total. The van der Waals surface area contributed by atoms with Crippen LogP contribution in [0.4, 0.5) is 17.6 Å². The van der Waals surface area contributed by atoms with E-state index in [4.69, 9.17) is 0 Å². The molecule has 0 unspecified atom stereocenters. The van der Waals surface area contributed by atoms with Gasteiger partial charge >= 0.3 is 0 Å². The molecule has 0 heterocycles. The van der Waals surface area contributed by atoms with E-state index in [-0.39, 0.29) is 19.3 Å². The van der Waals surface area contributed by atoms with Crippen LogP contribution in [0.5, 0.6) is 0 Å². The first-order valence-corrected chi connectivity index (χ1v) is 5.75. The van der Waals surface area contributed by atoms with E-state index >= 15 is 0 Å². The molecule has 96 valence electrons. The molecule has 0 spiro atoms. The average molecular weight is 240 g/mol. The minimum absolute atomic E-state index is 0.131. The van der Waals surface area contributed by atoms with E-state index in [2.05, 4.69) is 6.58 Å². The highest BCUT2D eigenvalue weighted by Crippen LogP contribution is 2.28. The van der Waals surface area contributed by atoms with Gasteiger partial charge in [-0.3, -0.25) is 0 Å². The zero-order valence-electron chi connectivity index (χ0n) is 9.53. The monoisotopic (exact) mass is 240 g/mol. The van der Waals surface area contributed by atoms with Crippen LogP contribution < -0.4 is 0 Å². The van der Waals surface area contributed by atoms with Gasteiger partial charge in [0, 0.05) is 19.3 Å². The molecule has 0 bridgehead atoms. The standard InChI is InChI=1S/C12H20F4/c1-2-3-6-9-12(15,16)10-7-4-5-8-11(13)14/h2,11H,1,3-10H2. The summed E-state index contributed by atoms with van der Waals surface area (Å²) in [4.78, 5) is 0. The zero-order chi connectivity index (χ0) is 12.4. The first-order valence-electron chi connectivity index (χ1n) is 5.75. The van der Waals surface area contributed by atoms with Gasteiger partial charge in [0.05, 0.1) is 0 Å². The van der Waals surface area contributed by atoms with E-state index in [0.29, 0.717) is 32.1 Å². The van der Waals surface area contributed by atoms with Gasteiger partial charge in [-0.1, -0.05) is 12.5 Å². The molecule has 0 aliphatic rings. The first kappa shape index (κ1) is 15.5. The predicted octanol–water partition coefficient (Wildman–Crippen LogP) is 5.19. The van der Waals surface area contributed by atoms with Crippen molar-refractivity contribution in [3.63, 3.8) is 0 Å². The molecule has 0 aromatic heterocycles. The maximum atomic E-state index is 13.2. The van der Waals surface area contributed by atoms with Crippen molar-refractivity contribution in [3.05, 3.63) is 12.7 Å². The Morgan fingerprint density at radius 1 is 1.00 bits per heavy atom. The van der Waals surface area contributed by atoms with Crippen LogP contribution in [0, 0.1) is 0 Å². The topological polar surface area (TPSA) is 0 Å². The number of rotatable bonds is 10. The molecule has 16 heavy (non-hydrogen) atoms. The summed E-state index contributed by atoms with van der Waals surface area (Å²) in [5.41, 5.74) is 0. The van der Waals surface area contributed by atoms with Gasteiger partial charge in [0.25, 0.3) is 0 Å². The number of allylic oxidation sites excluding steroid dienone is 1. The van der Waals surface area contributed by atoms with Crippen LogP contribution in [-0.4, -0.2) is 12.3 Å². The molecule has 0 aliphatic heterocycles. The largest absolute Gasteiger partial charge is 0.248 e. The van der Waals surface area contributed by atoms with Crippen LogP contribution in [0.15, 0.2) is 12.7 Å². The number of halogens is 4. The third-order valence-electron chi connectivity index (χ3n) is 2.42. The van der Waals surface area contributed by atoms with Gasteiger partial charge in [-0.25, -0.2) is 17.6 Å². The lowest BCUT2D eigenvalue weighted by atomic mass is 10.0. The number of hydrogen-bond donors (Lipinski definition) is 0. The van der Waals surface area contributed by atoms with Crippen molar-refractivity contribution in [2.75, 3.05) is 0 Å². The summed E-state index contributed by atoms with van der Waals surface area (Å²) in [6.45, 7) is 3.47. The molecule has 0 fully saturated rings.